The first kappa shape index (κ1) is 12.7. The summed E-state index contributed by atoms with van der Waals surface area (Å²) in [4.78, 5) is 12.5. The van der Waals surface area contributed by atoms with E-state index < -0.39 is 0 Å². The van der Waals surface area contributed by atoms with Gasteiger partial charge in [-0.05, 0) is 30.2 Å². The Balaban J connectivity index is 2.20. The minimum Gasteiger partial charge on any atom is -0.284 e. The van der Waals surface area contributed by atoms with Crippen LogP contribution in [0.4, 0.5) is 0 Å². The van der Waals surface area contributed by atoms with E-state index in [2.05, 4.69) is 5.10 Å². The second-order valence-electron chi connectivity index (χ2n) is 5.30. The summed E-state index contributed by atoms with van der Waals surface area (Å²) in [6.45, 7) is 4.07. The van der Waals surface area contributed by atoms with Gasteiger partial charge in [0.2, 0.25) is 0 Å². The first-order valence-electron chi connectivity index (χ1n) is 6.71. The zero-order valence-electron chi connectivity index (χ0n) is 11.9. The van der Waals surface area contributed by atoms with E-state index >= 15 is 0 Å². The molecular weight excluding hydrogens is 250 g/mol. The third-order valence-electron chi connectivity index (χ3n) is 3.61. The molecule has 2 aromatic heterocycles. The molecule has 0 atom stereocenters. The monoisotopic (exact) mass is 267 g/mol. The number of pyridine rings is 1. The van der Waals surface area contributed by atoms with Crippen LogP contribution in [0.3, 0.4) is 0 Å². The van der Waals surface area contributed by atoms with E-state index in [0.717, 1.165) is 22.2 Å². The third kappa shape index (κ3) is 1.93. The van der Waals surface area contributed by atoms with Crippen molar-refractivity contribution < 1.29 is 0 Å². The lowest BCUT2D eigenvalue weighted by atomic mass is 10.1. The topological polar surface area (TPSA) is 39.8 Å². The molecule has 0 bridgehead atoms. The number of rotatable bonds is 2. The van der Waals surface area contributed by atoms with Crippen LogP contribution in [0.15, 0.2) is 47.5 Å². The Morgan fingerprint density at radius 3 is 2.75 bits per heavy atom. The van der Waals surface area contributed by atoms with Crippen molar-refractivity contribution in [3.8, 4) is 5.69 Å². The van der Waals surface area contributed by atoms with E-state index in [1.165, 1.54) is 0 Å². The van der Waals surface area contributed by atoms with Gasteiger partial charge in [0.1, 0.15) is 0 Å². The number of fused-ring (bicyclic) bond motifs is 1. The Hall–Kier alpha value is -2.36. The SMILES string of the molecule is CC(C)c1cccn(-c2ccc3c(cnn3C)c2)c1=O. The molecule has 102 valence electrons. The lowest BCUT2D eigenvalue weighted by Gasteiger charge is -2.10. The number of nitrogens with zero attached hydrogens (tertiary/aromatic N) is 3. The van der Waals surface area contributed by atoms with Gasteiger partial charge in [-0.2, -0.15) is 5.10 Å². The number of aromatic nitrogens is 3. The van der Waals surface area contributed by atoms with Gasteiger partial charge in [0, 0.05) is 29.9 Å². The Labute approximate surface area is 117 Å². The van der Waals surface area contributed by atoms with Crippen molar-refractivity contribution in [3.05, 3.63) is 58.6 Å². The molecule has 0 amide bonds. The quantitative estimate of drug-likeness (QED) is 0.716. The molecule has 0 N–H and O–H groups in total. The highest BCUT2D eigenvalue weighted by molar-refractivity contribution is 5.80. The van der Waals surface area contributed by atoms with Gasteiger partial charge in [0.05, 0.1) is 11.7 Å². The summed E-state index contributed by atoms with van der Waals surface area (Å²) in [7, 11) is 1.91. The van der Waals surface area contributed by atoms with Crippen molar-refractivity contribution in [2.75, 3.05) is 0 Å². The second kappa shape index (κ2) is 4.63. The van der Waals surface area contributed by atoms with Gasteiger partial charge in [-0.3, -0.25) is 14.0 Å². The zero-order chi connectivity index (χ0) is 14.3. The van der Waals surface area contributed by atoms with Crippen molar-refractivity contribution in [1.82, 2.24) is 14.3 Å². The Kier molecular flexibility index (Phi) is 2.93. The average molecular weight is 267 g/mol. The summed E-state index contributed by atoms with van der Waals surface area (Å²) in [6, 6.07) is 9.76. The Bertz CT molecular complexity index is 827. The zero-order valence-corrected chi connectivity index (χ0v) is 11.9. The van der Waals surface area contributed by atoms with Crippen LogP contribution in [0.1, 0.15) is 25.3 Å². The fourth-order valence-electron chi connectivity index (χ4n) is 2.45. The predicted molar refractivity (Wildman–Crippen MR) is 80.4 cm³/mol. The Morgan fingerprint density at radius 1 is 1.20 bits per heavy atom. The van der Waals surface area contributed by atoms with Crippen LogP contribution in [0.5, 0.6) is 0 Å². The molecule has 0 fully saturated rings. The Morgan fingerprint density at radius 2 is 2.00 bits per heavy atom. The van der Waals surface area contributed by atoms with E-state index in [9.17, 15) is 4.79 Å². The molecule has 0 aliphatic carbocycles. The van der Waals surface area contributed by atoms with Crippen molar-refractivity contribution >= 4 is 10.9 Å². The number of hydrogen-bond donors (Lipinski definition) is 0. The number of hydrogen-bond acceptors (Lipinski definition) is 2. The molecule has 0 spiro atoms. The molecule has 0 radical (unpaired) electrons. The maximum Gasteiger partial charge on any atom is 0.258 e. The van der Waals surface area contributed by atoms with Gasteiger partial charge in [0.15, 0.2) is 0 Å². The van der Waals surface area contributed by atoms with Crippen LogP contribution < -0.4 is 5.56 Å². The smallest absolute Gasteiger partial charge is 0.258 e. The van der Waals surface area contributed by atoms with Crippen LogP contribution in [0, 0.1) is 0 Å². The van der Waals surface area contributed by atoms with E-state index in [0.29, 0.717) is 0 Å². The summed E-state index contributed by atoms with van der Waals surface area (Å²) < 4.78 is 3.52. The highest BCUT2D eigenvalue weighted by Crippen LogP contribution is 2.17. The maximum atomic E-state index is 12.5. The molecule has 0 aliphatic heterocycles. The standard InChI is InChI=1S/C16H17N3O/c1-11(2)14-5-4-8-19(16(14)20)13-6-7-15-12(9-13)10-17-18(15)3/h4-11H,1-3H3. The molecular formula is C16H17N3O. The lowest BCUT2D eigenvalue weighted by molar-refractivity contribution is 0.796. The van der Waals surface area contributed by atoms with E-state index in [1.807, 2.05) is 68.3 Å². The van der Waals surface area contributed by atoms with Crippen molar-refractivity contribution in [2.24, 2.45) is 7.05 Å². The number of benzene rings is 1. The molecule has 4 heteroatoms. The molecule has 20 heavy (non-hydrogen) atoms. The minimum absolute atomic E-state index is 0.0470. The number of aryl methyl sites for hydroxylation is 1. The molecule has 3 rings (SSSR count). The first-order valence-corrected chi connectivity index (χ1v) is 6.71. The summed E-state index contributed by atoms with van der Waals surface area (Å²) in [5.41, 5.74) is 2.81. The molecule has 1 aromatic carbocycles. The molecule has 0 saturated heterocycles. The van der Waals surface area contributed by atoms with Crippen molar-refractivity contribution in [1.29, 1.82) is 0 Å². The minimum atomic E-state index is 0.0470. The predicted octanol–water partition coefficient (Wildman–Crippen LogP) is 2.85. The van der Waals surface area contributed by atoms with E-state index in [4.69, 9.17) is 0 Å². The fraction of sp³-hybridized carbons (Fsp3) is 0.250. The van der Waals surface area contributed by atoms with Gasteiger partial charge in [0.25, 0.3) is 5.56 Å². The molecule has 0 aliphatic rings. The van der Waals surface area contributed by atoms with Crippen LogP contribution >= 0.6 is 0 Å². The molecule has 0 saturated carbocycles. The molecule has 2 heterocycles. The molecule has 0 unspecified atom stereocenters. The fourth-order valence-corrected chi connectivity index (χ4v) is 2.45. The molecule has 4 nitrogen and oxygen atoms in total. The van der Waals surface area contributed by atoms with Crippen molar-refractivity contribution in [2.45, 2.75) is 19.8 Å². The summed E-state index contributed by atoms with van der Waals surface area (Å²) in [6.07, 6.45) is 3.63. The summed E-state index contributed by atoms with van der Waals surface area (Å²) in [5.74, 6) is 0.220. The lowest BCUT2D eigenvalue weighted by Crippen LogP contribution is -2.22. The summed E-state index contributed by atoms with van der Waals surface area (Å²) >= 11 is 0. The summed E-state index contributed by atoms with van der Waals surface area (Å²) in [5, 5.41) is 5.26. The maximum absolute atomic E-state index is 12.5. The normalized spacial score (nSPS) is 11.4. The highest BCUT2D eigenvalue weighted by Gasteiger charge is 2.09. The van der Waals surface area contributed by atoms with Crippen molar-refractivity contribution in [3.63, 3.8) is 0 Å². The third-order valence-corrected chi connectivity index (χ3v) is 3.61. The van der Waals surface area contributed by atoms with Crippen LogP contribution in [0.2, 0.25) is 0 Å². The van der Waals surface area contributed by atoms with Crippen LogP contribution in [-0.2, 0) is 7.05 Å². The van der Waals surface area contributed by atoms with Gasteiger partial charge in [-0.1, -0.05) is 19.9 Å². The first-order chi connectivity index (χ1) is 9.58. The van der Waals surface area contributed by atoms with Gasteiger partial charge in [-0.15, -0.1) is 0 Å². The van der Waals surface area contributed by atoms with Gasteiger partial charge in [-0.25, -0.2) is 0 Å². The van der Waals surface area contributed by atoms with Gasteiger partial charge >= 0.3 is 0 Å². The second-order valence-corrected chi connectivity index (χ2v) is 5.30. The van der Waals surface area contributed by atoms with Crippen LogP contribution in [0.25, 0.3) is 16.6 Å². The van der Waals surface area contributed by atoms with E-state index in [1.54, 1.807) is 4.57 Å². The average Bonchev–Trinajstić information content (AvgIpc) is 2.80. The van der Waals surface area contributed by atoms with E-state index in [-0.39, 0.29) is 11.5 Å². The van der Waals surface area contributed by atoms with Crippen LogP contribution in [-0.4, -0.2) is 14.3 Å². The molecule has 3 aromatic rings. The largest absolute Gasteiger partial charge is 0.284 e. The van der Waals surface area contributed by atoms with Gasteiger partial charge < -0.3 is 0 Å². The highest BCUT2D eigenvalue weighted by atomic mass is 16.1.